The molecule has 4 heteroatoms. The van der Waals surface area contributed by atoms with Crippen molar-refractivity contribution in [2.45, 2.75) is 12.8 Å². The van der Waals surface area contributed by atoms with Gasteiger partial charge in [-0.05, 0) is 37.1 Å². The number of unbranched alkanes of at least 4 members (excludes halogenated alkanes) is 1. The first-order chi connectivity index (χ1) is 10.9. The number of aromatic nitrogens is 2. The molecule has 0 unspecified atom stereocenters. The molecule has 3 aromatic rings. The Labute approximate surface area is 130 Å². The number of para-hydroxylation sites is 2. The first kappa shape index (κ1) is 14.3. The monoisotopic (exact) mass is 293 g/mol. The van der Waals surface area contributed by atoms with Crippen molar-refractivity contribution < 1.29 is 4.74 Å². The molecule has 0 saturated heterocycles. The van der Waals surface area contributed by atoms with Crippen LogP contribution in [-0.2, 0) is 0 Å². The van der Waals surface area contributed by atoms with Crippen LogP contribution >= 0.6 is 0 Å². The zero-order valence-electron chi connectivity index (χ0n) is 12.4. The first-order valence-corrected chi connectivity index (χ1v) is 7.55. The molecule has 0 amide bonds. The summed E-state index contributed by atoms with van der Waals surface area (Å²) in [7, 11) is 0. The molecule has 0 saturated carbocycles. The van der Waals surface area contributed by atoms with Gasteiger partial charge in [-0.25, -0.2) is 9.97 Å². The standard InChI is InChI=1S/C18H19N3O/c1-2-8-15(9-3-1)22-13-7-6-12-19-18-16-10-4-5-11-17(16)20-14-21-18/h1-5,8-11,14H,6-7,12-13H2,(H,19,20,21). The van der Waals surface area contributed by atoms with E-state index in [0.717, 1.165) is 48.5 Å². The van der Waals surface area contributed by atoms with Crippen molar-refractivity contribution >= 4 is 16.7 Å². The number of benzene rings is 2. The average Bonchev–Trinajstić information content (AvgIpc) is 2.59. The van der Waals surface area contributed by atoms with E-state index in [1.165, 1.54) is 0 Å². The predicted molar refractivity (Wildman–Crippen MR) is 89.2 cm³/mol. The highest BCUT2D eigenvalue weighted by Crippen LogP contribution is 2.18. The minimum Gasteiger partial charge on any atom is -0.494 e. The maximum atomic E-state index is 5.68. The number of rotatable bonds is 7. The van der Waals surface area contributed by atoms with E-state index < -0.39 is 0 Å². The van der Waals surface area contributed by atoms with E-state index in [2.05, 4.69) is 15.3 Å². The van der Waals surface area contributed by atoms with E-state index in [1.807, 2.05) is 54.6 Å². The predicted octanol–water partition coefficient (Wildman–Crippen LogP) is 3.90. The van der Waals surface area contributed by atoms with Crippen molar-refractivity contribution in [1.82, 2.24) is 9.97 Å². The maximum absolute atomic E-state index is 5.68. The van der Waals surface area contributed by atoms with Gasteiger partial charge in [-0.2, -0.15) is 0 Å². The van der Waals surface area contributed by atoms with E-state index in [0.29, 0.717) is 0 Å². The molecule has 0 spiro atoms. The molecule has 0 radical (unpaired) electrons. The summed E-state index contributed by atoms with van der Waals surface area (Å²) < 4.78 is 5.68. The van der Waals surface area contributed by atoms with E-state index in [1.54, 1.807) is 6.33 Å². The lowest BCUT2D eigenvalue weighted by Crippen LogP contribution is -2.06. The van der Waals surface area contributed by atoms with Gasteiger partial charge in [0.2, 0.25) is 0 Å². The third-order valence-electron chi connectivity index (χ3n) is 3.42. The van der Waals surface area contributed by atoms with E-state index >= 15 is 0 Å². The Morgan fingerprint density at radius 1 is 0.864 bits per heavy atom. The van der Waals surface area contributed by atoms with Gasteiger partial charge in [0.1, 0.15) is 17.9 Å². The Morgan fingerprint density at radius 3 is 2.59 bits per heavy atom. The zero-order valence-corrected chi connectivity index (χ0v) is 12.4. The van der Waals surface area contributed by atoms with Crippen molar-refractivity contribution in [3.63, 3.8) is 0 Å². The molecule has 0 aliphatic carbocycles. The fourth-order valence-corrected chi connectivity index (χ4v) is 2.29. The summed E-state index contributed by atoms with van der Waals surface area (Å²) in [6.07, 6.45) is 3.64. The SMILES string of the molecule is c1ccc(OCCCCNc2ncnc3ccccc23)cc1. The molecule has 0 bridgehead atoms. The summed E-state index contributed by atoms with van der Waals surface area (Å²) >= 11 is 0. The van der Waals surface area contributed by atoms with Gasteiger partial charge in [0.05, 0.1) is 12.1 Å². The van der Waals surface area contributed by atoms with Gasteiger partial charge in [-0.1, -0.05) is 30.3 Å². The normalized spacial score (nSPS) is 10.5. The Kier molecular flexibility index (Phi) is 4.82. The van der Waals surface area contributed by atoms with E-state index in [9.17, 15) is 0 Å². The highest BCUT2D eigenvalue weighted by atomic mass is 16.5. The molecule has 0 aliphatic heterocycles. The molecule has 0 aliphatic rings. The van der Waals surface area contributed by atoms with Crippen LogP contribution in [0.1, 0.15) is 12.8 Å². The largest absolute Gasteiger partial charge is 0.494 e. The van der Waals surface area contributed by atoms with Crippen molar-refractivity contribution in [3.05, 3.63) is 60.9 Å². The minimum atomic E-state index is 0.732. The summed E-state index contributed by atoms with van der Waals surface area (Å²) in [6.45, 7) is 1.61. The zero-order chi connectivity index (χ0) is 15.0. The Bertz CT molecular complexity index is 710. The summed E-state index contributed by atoms with van der Waals surface area (Å²) in [5, 5.41) is 4.44. The van der Waals surface area contributed by atoms with Gasteiger partial charge in [-0.3, -0.25) is 0 Å². The first-order valence-electron chi connectivity index (χ1n) is 7.55. The molecule has 3 rings (SSSR count). The van der Waals surface area contributed by atoms with Gasteiger partial charge in [0.15, 0.2) is 0 Å². The lowest BCUT2D eigenvalue weighted by molar-refractivity contribution is 0.308. The van der Waals surface area contributed by atoms with Crippen LogP contribution < -0.4 is 10.1 Å². The fourth-order valence-electron chi connectivity index (χ4n) is 2.29. The minimum absolute atomic E-state index is 0.732. The van der Waals surface area contributed by atoms with E-state index in [-0.39, 0.29) is 0 Å². The lowest BCUT2D eigenvalue weighted by atomic mass is 10.2. The van der Waals surface area contributed by atoms with Gasteiger partial charge < -0.3 is 10.1 Å². The van der Waals surface area contributed by atoms with Crippen molar-refractivity contribution in [1.29, 1.82) is 0 Å². The summed E-state index contributed by atoms with van der Waals surface area (Å²) in [4.78, 5) is 8.58. The summed E-state index contributed by atoms with van der Waals surface area (Å²) in [5.41, 5.74) is 0.965. The Balaban J connectivity index is 1.43. The fraction of sp³-hybridized carbons (Fsp3) is 0.222. The Hall–Kier alpha value is -2.62. The Morgan fingerprint density at radius 2 is 1.68 bits per heavy atom. The van der Waals surface area contributed by atoms with Crippen LogP contribution in [0.2, 0.25) is 0 Å². The molecular formula is C18H19N3O. The number of hydrogen-bond donors (Lipinski definition) is 1. The number of hydrogen-bond acceptors (Lipinski definition) is 4. The van der Waals surface area contributed by atoms with Crippen molar-refractivity contribution in [3.8, 4) is 5.75 Å². The highest BCUT2D eigenvalue weighted by Gasteiger charge is 2.01. The third-order valence-corrected chi connectivity index (χ3v) is 3.42. The molecule has 4 nitrogen and oxygen atoms in total. The van der Waals surface area contributed by atoms with Gasteiger partial charge in [0, 0.05) is 11.9 Å². The van der Waals surface area contributed by atoms with Crippen LogP contribution in [0.25, 0.3) is 10.9 Å². The lowest BCUT2D eigenvalue weighted by Gasteiger charge is -2.09. The molecule has 0 fully saturated rings. The van der Waals surface area contributed by atoms with Crippen LogP contribution in [0.3, 0.4) is 0 Å². The van der Waals surface area contributed by atoms with Crippen molar-refractivity contribution in [2.24, 2.45) is 0 Å². The van der Waals surface area contributed by atoms with Gasteiger partial charge in [0.25, 0.3) is 0 Å². The molecule has 112 valence electrons. The second-order valence-electron chi connectivity index (χ2n) is 5.03. The number of nitrogens with one attached hydrogen (secondary N) is 1. The summed E-state index contributed by atoms with van der Waals surface area (Å²) in [6, 6.07) is 17.9. The molecule has 2 aromatic carbocycles. The summed E-state index contributed by atoms with van der Waals surface area (Å²) in [5.74, 6) is 1.83. The van der Waals surface area contributed by atoms with Crippen LogP contribution in [0.5, 0.6) is 5.75 Å². The second-order valence-corrected chi connectivity index (χ2v) is 5.03. The quantitative estimate of drug-likeness (QED) is 0.671. The maximum Gasteiger partial charge on any atom is 0.137 e. The molecule has 1 aromatic heterocycles. The smallest absolute Gasteiger partial charge is 0.137 e. The van der Waals surface area contributed by atoms with Crippen LogP contribution in [-0.4, -0.2) is 23.1 Å². The number of fused-ring (bicyclic) bond motifs is 1. The molecule has 0 atom stereocenters. The van der Waals surface area contributed by atoms with Crippen LogP contribution in [0.4, 0.5) is 5.82 Å². The molecular weight excluding hydrogens is 274 g/mol. The van der Waals surface area contributed by atoms with Gasteiger partial charge >= 0.3 is 0 Å². The molecule has 1 N–H and O–H groups in total. The third kappa shape index (κ3) is 3.73. The highest BCUT2D eigenvalue weighted by molar-refractivity contribution is 5.88. The molecule has 22 heavy (non-hydrogen) atoms. The van der Waals surface area contributed by atoms with Gasteiger partial charge in [-0.15, -0.1) is 0 Å². The van der Waals surface area contributed by atoms with Crippen molar-refractivity contribution in [2.75, 3.05) is 18.5 Å². The number of anilines is 1. The van der Waals surface area contributed by atoms with Crippen LogP contribution in [0.15, 0.2) is 60.9 Å². The number of ether oxygens (including phenoxy) is 1. The second kappa shape index (κ2) is 7.41. The topological polar surface area (TPSA) is 47.0 Å². The molecule has 1 heterocycles. The average molecular weight is 293 g/mol. The number of nitrogens with zero attached hydrogens (tertiary/aromatic N) is 2. The van der Waals surface area contributed by atoms with E-state index in [4.69, 9.17) is 4.74 Å². The van der Waals surface area contributed by atoms with Crippen LogP contribution in [0, 0.1) is 0 Å².